The van der Waals surface area contributed by atoms with E-state index in [0.29, 0.717) is 37.4 Å². The zero-order chi connectivity index (χ0) is 25.8. The van der Waals surface area contributed by atoms with Gasteiger partial charge in [0.05, 0.1) is 6.67 Å². The predicted octanol–water partition coefficient (Wildman–Crippen LogP) is -0.497. The third kappa shape index (κ3) is 5.42. The molecule has 0 saturated carbocycles. The van der Waals surface area contributed by atoms with Crippen molar-refractivity contribution in [3.8, 4) is 0 Å². The summed E-state index contributed by atoms with van der Waals surface area (Å²) in [4.78, 5) is 33.3. The quantitative estimate of drug-likeness (QED) is 0.221. The van der Waals surface area contributed by atoms with E-state index in [1.165, 1.54) is 0 Å². The molecule has 4 atom stereocenters. The number of aromatic nitrogens is 2. The van der Waals surface area contributed by atoms with E-state index < -0.39 is 36.4 Å². The highest BCUT2D eigenvalue weighted by atomic mass is 16.6. The summed E-state index contributed by atoms with van der Waals surface area (Å²) in [5.41, 5.74) is 8.62. The van der Waals surface area contributed by atoms with Crippen LogP contribution in [-0.2, 0) is 27.2 Å². The fourth-order valence-corrected chi connectivity index (χ4v) is 4.22. The number of fused-ring (bicyclic) bond motifs is 1. The Balaban J connectivity index is 1.40. The SMILES string of the molecule is CCNC(=O)[C@H]1O[C@@H](N2CNc3c(N)nc(NCCc4ccc(CCC(=O)O)cc4)nc32)[C@H](O)[C@@H]1O. The van der Waals surface area contributed by atoms with Crippen LogP contribution in [0.15, 0.2) is 24.3 Å². The Morgan fingerprint density at radius 3 is 2.53 bits per heavy atom. The van der Waals surface area contributed by atoms with Crippen molar-refractivity contribution in [3.63, 3.8) is 0 Å². The van der Waals surface area contributed by atoms with Crippen LogP contribution in [0.25, 0.3) is 0 Å². The summed E-state index contributed by atoms with van der Waals surface area (Å²) in [5, 5.41) is 38.5. The maximum atomic E-state index is 12.2. The summed E-state index contributed by atoms with van der Waals surface area (Å²) in [5.74, 6) is -0.441. The number of hydrogen-bond donors (Lipinski definition) is 7. The Morgan fingerprint density at radius 1 is 1.17 bits per heavy atom. The normalized spacial score (nSPS) is 22.7. The number of carbonyl (C=O) groups is 2. The zero-order valence-electron chi connectivity index (χ0n) is 19.8. The van der Waals surface area contributed by atoms with Gasteiger partial charge in [0.25, 0.3) is 5.91 Å². The molecule has 2 aliphatic heterocycles. The molecule has 1 fully saturated rings. The van der Waals surface area contributed by atoms with Crippen LogP contribution in [0.2, 0.25) is 0 Å². The minimum absolute atomic E-state index is 0.0956. The Bertz CT molecular complexity index is 1100. The van der Waals surface area contributed by atoms with Crippen LogP contribution in [0.3, 0.4) is 0 Å². The molecule has 4 rings (SSSR count). The number of benzene rings is 1. The average molecular weight is 502 g/mol. The first-order chi connectivity index (χ1) is 17.3. The summed E-state index contributed by atoms with van der Waals surface area (Å²) < 4.78 is 5.72. The van der Waals surface area contributed by atoms with Gasteiger partial charge in [-0.3, -0.25) is 9.59 Å². The number of carbonyl (C=O) groups excluding carboxylic acids is 1. The van der Waals surface area contributed by atoms with Crippen molar-refractivity contribution < 1.29 is 29.6 Å². The van der Waals surface area contributed by atoms with Crippen LogP contribution in [0.4, 0.5) is 23.3 Å². The number of aliphatic hydroxyl groups excluding tert-OH is 2. The first-order valence-corrected chi connectivity index (χ1v) is 11.8. The fourth-order valence-electron chi connectivity index (χ4n) is 4.22. The van der Waals surface area contributed by atoms with Crippen LogP contribution >= 0.6 is 0 Å². The minimum atomic E-state index is -1.39. The van der Waals surface area contributed by atoms with E-state index in [0.717, 1.165) is 11.1 Å². The van der Waals surface area contributed by atoms with Gasteiger partial charge in [-0.25, -0.2) is 0 Å². The van der Waals surface area contributed by atoms with Crippen molar-refractivity contribution in [3.05, 3.63) is 35.4 Å². The molecule has 36 heavy (non-hydrogen) atoms. The first kappa shape index (κ1) is 25.4. The van der Waals surface area contributed by atoms with E-state index in [4.69, 9.17) is 15.6 Å². The Morgan fingerprint density at radius 2 is 1.86 bits per heavy atom. The molecule has 8 N–H and O–H groups in total. The maximum Gasteiger partial charge on any atom is 0.303 e. The first-order valence-electron chi connectivity index (χ1n) is 11.8. The van der Waals surface area contributed by atoms with Gasteiger partial charge in [-0.1, -0.05) is 24.3 Å². The Kier molecular flexibility index (Phi) is 7.72. The third-order valence-corrected chi connectivity index (χ3v) is 6.12. The average Bonchev–Trinajstić information content (AvgIpc) is 3.40. The molecule has 0 unspecified atom stereocenters. The van der Waals surface area contributed by atoms with Crippen LogP contribution < -0.4 is 26.6 Å². The van der Waals surface area contributed by atoms with Crippen molar-refractivity contribution in [2.45, 2.75) is 50.7 Å². The second-order valence-corrected chi connectivity index (χ2v) is 8.65. The largest absolute Gasteiger partial charge is 0.481 e. The van der Waals surface area contributed by atoms with E-state index in [9.17, 15) is 19.8 Å². The molecular weight excluding hydrogens is 470 g/mol. The molecule has 1 saturated heterocycles. The molecule has 2 aromatic rings. The molecule has 1 aromatic heterocycles. The number of hydrogen-bond acceptors (Lipinski definition) is 11. The Labute approximate surface area is 207 Å². The van der Waals surface area contributed by atoms with E-state index in [1.807, 2.05) is 24.3 Å². The number of aryl methyl sites for hydroxylation is 1. The van der Waals surface area contributed by atoms with Gasteiger partial charge in [0.15, 0.2) is 24.0 Å². The molecular formula is C23H31N7O6. The van der Waals surface area contributed by atoms with Crippen molar-refractivity contribution in [2.75, 3.05) is 41.0 Å². The lowest BCUT2D eigenvalue weighted by atomic mass is 10.1. The van der Waals surface area contributed by atoms with Gasteiger partial charge < -0.3 is 46.6 Å². The van der Waals surface area contributed by atoms with Crippen LogP contribution in [0.5, 0.6) is 0 Å². The van der Waals surface area contributed by atoms with Crippen molar-refractivity contribution in [1.82, 2.24) is 15.3 Å². The molecule has 0 bridgehead atoms. The number of nitrogen functional groups attached to an aromatic ring is 1. The zero-order valence-corrected chi connectivity index (χ0v) is 19.8. The van der Waals surface area contributed by atoms with Crippen molar-refractivity contribution >= 4 is 35.1 Å². The molecule has 1 aromatic carbocycles. The standard InChI is InChI=1S/C23H31N7O6/c1-2-25-21(35)18-16(33)17(34)22(36-18)30-11-27-15-19(24)28-23(29-20(15)30)26-10-9-13-5-3-12(4-6-13)7-8-14(31)32/h3-6,16-18,22,27,33-34H,2,7-11H2,1H3,(H,25,35)(H,31,32)(H3,24,26,28,29)/t16-,17+,18-,22+/m0/s1. The lowest BCUT2D eigenvalue weighted by molar-refractivity contribution is -0.137. The number of ether oxygens (including phenoxy) is 1. The molecule has 0 spiro atoms. The van der Waals surface area contributed by atoms with Gasteiger partial charge in [-0.15, -0.1) is 0 Å². The topological polar surface area (TPSA) is 195 Å². The van der Waals surface area contributed by atoms with Crippen molar-refractivity contribution in [2.24, 2.45) is 0 Å². The maximum absolute atomic E-state index is 12.2. The smallest absolute Gasteiger partial charge is 0.303 e. The third-order valence-electron chi connectivity index (χ3n) is 6.12. The van der Waals surface area contributed by atoms with Gasteiger partial charge in [0, 0.05) is 19.5 Å². The number of rotatable bonds is 10. The summed E-state index contributed by atoms with van der Waals surface area (Å²) in [6.07, 6.45) is -3.69. The highest BCUT2D eigenvalue weighted by molar-refractivity contribution is 5.83. The van der Waals surface area contributed by atoms with E-state index in [1.54, 1.807) is 11.8 Å². The lowest BCUT2D eigenvalue weighted by Gasteiger charge is -2.26. The van der Waals surface area contributed by atoms with E-state index in [-0.39, 0.29) is 24.9 Å². The van der Waals surface area contributed by atoms with Crippen LogP contribution in [0, 0.1) is 0 Å². The number of carboxylic acid groups (broad SMARTS) is 1. The molecule has 194 valence electrons. The van der Waals surface area contributed by atoms with Gasteiger partial charge in [-0.05, 0) is 30.9 Å². The van der Waals surface area contributed by atoms with Crippen LogP contribution in [-0.4, -0.2) is 81.5 Å². The highest BCUT2D eigenvalue weighted by Crippen LogP contribution is 2.38. The summed E-state index contributed by atoms with van der Waals surface area (Å²) in [7, 11) is 0. The van der Waals surface area contributed by atoms with Gasteiger partial charge in [0.1, 0.15) is 17.9 Å². The second-order valence-electron chi connectivity index (χ2n) is 8.65. The summed E-state index contributed by atoms with van der Waals surface area (Å²) in [6.45, 7) is 2.83. The number of carboxylic acids is 1. The van der Waals surface area contributed by atoms with Gasteiger partial charge in [0.2, 0.25) is 5.95 Å². The monoisotopic (exact) mass is 501 g/mol. The summed E-state index contributed by atoms with van der Waals surface area (Å²) >= 11 is 0. The van der Waals surface area contributed by atoms with E-state index in [2.05, 4.69) is 25.9 Å². The second kappa shape index (κ2) is 10.9. The van der Waals surface area contributed by atoms with E-state index >= 15 is 0 Å². The molecule has 13 nitrogen and oxygen atoms in total. The molecule has 3 heterocycles. The lowest BCUT2D eigenvalue weighted by Crippen LogP contribution is -2.44. The highest BCUT2D eigenvalue weighted by Gasteiger charge is 2.50. The number of likely N-dealkylation sites (N-methyl/N-ethyl adjacent to an activating group) is 1. The molecule has 0 radical (unpaired) electrons. The van der Waals surface area contributed by atoms with Crippen molar-refractivity contribution in [1.29, 1.82) is 0 Å². The molecule has 13 heteroatoms. The van der Waals surface area contributed by atoms with Crippen LogP contribution in [0.1, 0.15) is 24.5 Å². The number of aliphatic hydroxyl groups is 2. The fraction of sp³-hybridized carbons (Fsp3) is 0.478. The van der Waals surface area contributed by atoms with Gasteiger partial charge in [-0.2, -0.15) is 9.97 Å². The number of anilines is 4. The summed E-state index contributed by atoms with van der Waals surface area (Å²) in [6, 6.07) is 7.75. The molecule has 1 amide bonds. The number of aliphatic carboxylic acids is 1. The number of nitrogens with one attached hydrogen (secondary N) is 3. The molecule has 0 aliphatic carbocycles. The predicted molar refractivity (Wildman–Crippen MR) is 131 cm³/mol. The minimum Gasteiger partial charge on any atom is -0.481 e. The van der Waals surface area contributed by atoms with Gasteiger partial charge >= 0.3 is 5.97 Å². The number of nitrogens with two attached hydrogens (primary N) is 1. The Hall–Kier alpha value is -3.68. The molecule has 2 aliphatic rings. The number of nitrogens with zero attached hydrogens (tertiary/aromatic N) is 3. The number of amides is 1.